The Morgan fingerprint density at radius 1 is 1.60 bits per heavy atom. The number of nitrogens with two attached hydrogens (primary N) is 1. The van der Waals surface area contributed by atoms with E-state index in [0.717, 1.165) is 0 Å². The zero-order valence-electron chi connectivity index (χ0n) is 11.6. The maximum atomic E-state index is 12.7. The van der Waals surface area contributed by atoms with Crippen LogP contribution in [0, 0.1) is 0 Å². The second-order valence-corrected chi connectivity index (χ2v) is 6.69. The van der Waals surface area contributed by atoms with Crippen molar-refractivity contribution in [3.05, 3.63) is 18.3 Å². The monoisotopic (exact) mass is 300 g/mol. The van der Waals surface area contributed by atoms with Crippen molar-refractivity contribution < 1.29 is 13.2 Å². The minimum absolute atomic E-state index is 0.110. The highest BCUT2D eigenvalue weighted by molar-refractivity contribution is 7.89. The summed E-state index contributed by atoms with van der Waals surface area (Å²) in [5.41, 5.74) is 2.36. The van der Waals surface area contributed by atoms with Crippen molar-refractivity contribution in [3.63, 3.8) is 0 Å². The molecular formula is C12H20N4O3S. The fraction of sp³-hybridized carbons (Fsp3) is 0.583. The molecule has 2 unspecified atom stereocenters. The first-order valence-corrected chi connectivity index (χ1v) is 7.99. The molecule has 3 N–H and O–H groups in total. The first-order chi connectivity index (χ1) is 9.48. The van der Waals surface area contributed by atoms with Crippen molar-refractivity contribution in [2.45, 2.75) is 37.3 Å². The van der Waals surface area contributed by atoms with Gasteiger partial charge in [0.1, 0.15) is 5.82 Å². The Balaban J connectivity index is 2.36. The van der Waals surface area contributed by atoms with Crippen LogP contribution in [0.3, 0.4) is 0 Å². The Morgan fingerprint density at radius 3 is 3.00 bits per heavy atom. The van der Waals surface area contributed by atoms with Gasteiger partial charge in [0.15, 0.2) is 0 Å². The summed E-state index contributed by atoms with van der Waals surface area (Å²) in [5, 5.41) is 0. The fourth-order valence-corrected chi connectivity index (χ4v) is 3.99. The highest BCUT2D eigenvalue weighted by atomic mass is 32.2. The van der Waals surface area contributed by atoms with E-state index in [9.17, 15) is 8.42 Å². The van der Waals surface area contributed by atoms with Crippen LogP contribution in [0.25, 0.3) is 0 Å². The van der Waals surface area contributed by atoms with Crippen LogP contribution in [0.15, 0.2) is 23.2 Å². The first kappa shape index (κ1) is 15.2. The third-order valence-corrected chi connectivity index (χ3v) is 5.29. The SMILES string of the molecule is CCC1COC(C)CN1S(=O)(=O)c1ccnc(NN)c1. The molecule has 1 aromatic heterocycles. The Hall–Kier alpha value is -1.22. The Labute approximate surface area is 119 Å². The van der Waals surface area contributed by atoms with E-state index < -0.39 is 10.0 Å². The molecule has 0 radical (unpaired) electrons. The third-order valence-electron chi connectivity index (χ3n) is 3.37. The smallest absolute Gasteiger partial charge is 0.243 e. The van der Waals surface area contributed by atoms with Crippen molar-refractivity contribution in [3.8, 4) is 0 Å². The fourth-order valence-electron chi connectivity index (χ4n) is 2.22. The number of hydrogen-bond donors (Lipinski definition) is 2. The van der Waals surface area contributed by atoms with E-state index in [1.807, 2.05) is 13.8 Å². The number of pyridine rings is 1. The number of nitrogen functional groups attached to an aromatic ring is 1. The average molecular weight is 300 g/mol. The van der Waals surface area contributed by atoms with Gasteiger partial charge in [-0.3, -0.25) is 0 Å². The molecule has 20 heavy (non-hydrogen) atoms. The van der Waals surface area contributed by atoms with Crippen LogP contribution in [0.1, 0.15) is 20.3 Å². The van der Waals surface area contributed by atoms with Crippen LogP contribution < -0.4 is 11.3 Å². The topological polar surface area (TPSA) is 97.5 Å². The molecule has 0 amide bonds. The number of anilines is 1. The van der Waals surface area contributed by atoms with Crippen LogP contribution >= 0.6 is 0 Å². The van der Waals surface area contributed by atoms with E-state index in [4.69, 9.17) is 10.6 Å². The number of hydrazine groups is 1. The summed E-state index contributed by atoms with van der Waals surface area (Å²) in [7, 11) is -3.57. The van der Waals surface area contributed by atoms with E-state index in [2.05, 4.69) is 10.4 Å². The lowest BCUT2D eigenvalue weighted by molar-refractivity contribution is -0.0230. The predicted octanol–water partition coefficient (Wildman–Crippen LogP) is 0.555. The lowest BCUT2D eigenvalue weighted by atomic mass is 10.2. The lowest BCUT2D eigenvalue weighted by Gasteiger charge is -2.37. The van der Waals surface area contributed by atoms with Gasteiger partial charge in [-0.15, -0.1) is 0 Å². The van der Waals surface area contributed by atoms with E-state index in [1.54, 1.807) is 0 Å². The molecule has 112 valence electrons. The van der Waals surface area contributed by atoms with Crippen molar-refractivity contribution >= 4 is 15.8 Å². The Kier molecular flexibility index (Phi) is 4.59. The summed E-state index contributed by atoms with van der Waals surface area (Å²) in [6.07, 6.45) is 2.02. The minimum atomic E-state index is -3.57. The summed E-state index contributed by atoms with van der Waals surface area (Å²) in [5.74, 6) is 5.59. The van der Waals surface area contributed by atoms with Gasteiger partial charge in [-0.05, 0) is 19.4 Å². The molecule has 7 nitrogen and oxygen atoms in total. The second kappa shape index (κ2) is 6.04. The summed E-state index contributed by atoms with van der Waals surface area (Å²) in [6.45, 7) is 4.60. The first-order valence-electron chi connectivity index (χ1n) is 6.55. The number of nitrogens with zero attached hydrogens (tertiary/aromatic N) is 2. The van der Waals surface area contributed by atoms with Gasteiger partial charge in [0.05, 0.1) is 17.6 Å². The number of morpholine rings is 1. The predicted molar refractivity (Wildman–Crippen MR) is 75.4 cm³/mol. The number of ether oxygens (including phenoxy) is 1. The number of sulfonamides is 1. The van der Waals surface area contributed by atoms with Crippen molar-refractivity contribution in [2.75, 3.05) is 18.6 Å². The van der Waals surface area contributed by atoms with Crippen LogP contribution in [-0.4, -0.2) is 43.0 Å². The molecule has 1 aliphatic rings. The summed E-state index contributed by atoms with van der Waals surface area (Å²) < 4.78 is 32.5. The molecule has 8 heteroatoms. The largest absolute Gasteiger partial charge is 0.375 e. The van der Waals surface area contributed by atoms with Gasteiger partial charge in [0, 0.05) is 24.8 Å². The Bertz CT molecular complexity index is 564. The number of hydrogen-bond acceptors (Lipinski definition) is 6. The van der Waals surface area contributed by atoms with Gasteiger partial charge in [-0.2, -0.15) is 4.31 Å². The number of rotatable bonds is 4. The standard InChI is InChI=1S/C12H20N4O3S/c1-3-10-8-19-9(2)7-16(10)20(17,18)11-4-5-14-12(6-11)15-13/h4-6,9-10H,3,7-8,13H2,1-2H3,(H,14,15). The van der Waals surface area contributed by atoms with Gasteiger partial charge < -0.3 is 10.2 Å². The summed E-state index contributed by atoms with van der Waals surface area (Å²) >= 11 is 0. The minimum Gasteiger partial charge on any atom is -0.375 e. The van der Waals surface area contributed by atoms with Crippen molar-refractivity contribution in [1.82, 2.24) is 9.29 Å². The van der Waals surface area contributed by atoms with Crippen LogP contribution in [-0.2, 0) is 14.8 Å². The lowest BCUT2D eigenvalue weighted by Crippen LogP contribution is -2.51. The molecule has 2 heterocycles. The summed E-state index contributed by atoms with van der Waals surface area (Å²) in [4.78, 5) is 4.11. The van der Waals surface area contributed by atoms with E-state index >= 15 is 0 Å². The van der Waals surface area contributed by atoms with Crippen molar-refractivity contribution in [1.29, 1.82) is 0 Å². The number of aromatic nitrogens is 1. The van der Waals surface area contributed by atoms with Gasteiger partial charge in [-0.1, -0.05) is 6.92 Å². The zero-order chi connectivity index (χ0) is 14.8. The molecule has 1 saturated heterocycles. The molecule has 2 rings (SSSR count). The molecule has 0 aliphatic carbocycles. The summed E-state index contributed by atoms with van der Waals surface area (Å²) in [6, 6.07) is 2.77. The quantitative estimate of drug-likeness (QED) is 0.623. The third kappa shape index (κ3) is 2.93. The maximum Gasteiger partial charge on any atom is 0.243 e. The number of nitrogens with one attached hydrogen (secondary N) is 1. The van der Waals surface area contributed by atoms with E-state index in [1.165, 1.54) is 22.6 Å². The normalized spacial score (nSPS) is 24.6. The molecule has 0 spiro atoms. The Morgan fingerprint density at radius 2 is 2.35 bits per heavy atom. The average Bonchev–Trinajstić information content (AvgIpc) is 2.47. The van der Waals surface area contributed by atoms with E-state index in [-0.39, 0.29) is 17.0 Å². The molecule has 0 saturated carbocycles. The van der Waals surface area contributed by atoms with Crippen LogP contribution in [0.4, 0.5) is 5.82 Å². The van der Waals surface area contributed by atoms with Crippen LogP contribution in [0.5, 0.6) is 0 Å². The molecular weight excluding hydrogens is 280 g/mol. The van der Waals surface area contributed by atoms with Gasteiger partial charge >= 0.3 is 0 Å². The van der Waals surface area contributed by atoms with Gasteiger partial charge in [0.2, 0.25) is 10.0 Å². The van der Waals surface area contributed by atoms with Crippen molar-refractivity contribution in [2.24, 2.45) is 5.84 Å². The zero-order valence-corrected chi connectivity index (χ0v) is 12.4. The van der Waals surface area contributed by atoms with Gasteiger partial charge in [-0.25, -0.2) is 19.2 Å². The molecule has 0 aromatic carbocycles. The molecule has 1 aliphatic heterocycles. The highest BCUT2D eigenvalue weighted by Gasteiger charge is 2.35. The van der Waals surface area contributed by atoms with Crippen LogP contribution in [0.2, 0.25) is 0 Å². The second-order valence-electron chi connectivity index (χ2n) is 4.80. The molecule has 1 fully saturated rings. The molecule has 0 bridgehead atoms. The molecule has 2 atom stereocenters. The maximum absolute atomic E-state index is 12.7. The highest BCUT2D eigenvalue weighted by Crippen LogP contribution is 2.24. The van der Waals surface area contributed by atoms with E-state index in [0.29, 0.717) is 25.4 Å². The van der Waals surface area contributed by atoms with Gasteiger partial charge in [0.25, 0.3) is 0 Å². The molecule has 1 aromatic rings.